The highest BCUT2D eigenvalue weighted by molar-refractivity contribution is 5.99. The number of carbonyl (C=O) groups excluding carboxylic acids is 2. The summed E-state index contributed by atoms with van der Waals surface area (Å²) in [5.41, 5.74) is 1.27. The van der Waals surface area contributed by atoms with Crippen molar-refractivity contribution in [3.8, 4) is 0 Å². The number of hydrogen-bond acceptors (Lipinski definition) is 2. The van der Waals surface area contributed by atoms with Gasteiger partial charge in [0.25, 0.3) is 0 Å². The lowest BCUT2D eigenvalue weighted by atomic mass is 9.70. The van der Waals surface area contributed by atoms with Gasteiger partial charge in [-0.1, -0.05) is 25.3 Å². The number of carbonyl (C=O) groups is 2. The van der Waals surface area contributed by atoms with Crippen LogP contribution in [0.5, 0.6) is 0 Å². The standard InChI is InChI=1S/C15H22O2/c1-12(16)6-5-7-13-14(17)8-11-15(13)9-3-2-4-10-15/h7H,2-6,8-11H2,1H3/b13-7+. The lowest BCUT2D eigenvalue weighted by molar-refractivity contribution is -0.117. The minimum Gasteiger partial charge on any atom is -0.300 e. The maximum absolute atomic E-state index is 12.0. The molecule has 0 saturated heterocycles. The fraction of sp³-hybridized carbons (Fsp3) is 0.733. The Kier molecular flexibility index (Phi) is 3.80. The van der Waals surface area contributed by atoms with Crippen LogP contribution in [-0.4, -0.2) is 11.6 Å². The fourth-order valence-corrected chi connectivity index (χ4v) is 3.42. The molecule has 2 fully saturated rings. The van der Waals surface area contributed by atoms with Gasteiger partial charge in [-0.2, -0.15) is 0 Å². The minimum atomic E-state index is 0.201. The zero-order valence-electron chi connectivity index (χ0n) is 10.8. The highest BCUT2D eigenvalue weighted by Gasteiger charge is 2.43. The van der Waals surface area contributed by atoms with Gasteiger partial charge >= 0.3 is 0 Å². The average molecular weight is 234 g/mol. The van der Waals surface area contributed by atoms with Gasteiger partial charge in [-0.3, -0.25) is 4.79 Å². The third-order valence-corrected chi connectivity index (χ3v) is 4.36. The van der Waals surface area contributed by atoms with Crippen molar-refractivity contribution >= 4 is 11.6 Å². The maximum atomic E-state index is 12.0. The van der Waals surface area contributed by atoms with Crippen LogP contribution in [0.1, 0.15) is 64.7 Å². The summed E-state index contributed by atoms with van der Waals surface area (Å²) >= 11 is 0. The summed E-state index contributed by atoms with van der Waals surface area (Å²) in [5.74, 6) is 0.556. The Morgan fingerprint density at radius 2 is 1.94 bits per heavy atom. The molecule has 0 bridgehead atoms. The molecule has 2 nitrogen and oxygen atoms in total. The highest BCUT2D eigenvalue weighted by Crippen LogP contribution is 2.51. The first-order chi connectivity index (χ1) is 8.14. The third-order valence-electron chi connectivity index (χ3n) is 4.36. The number of Topliss-reactive ketones (excluding diaryl/α,β-unsaturated/α-hetero) is 2. The van der Waals surface area contributed by atoms with Crippen molar-refractivity contribution in [3.05, 3.63) is 11.6 Å². The molecular weight excluding hydrogens is 212 g/mol. The molecule has 2 saturated carbocycles. The Morgan fingerprint density at radius 1 is 1.24 bits per heavy atom. The van der Waals surface area contributed by atoms with E-state index in [1.165, 1.54) is 32.1 Å². The SMILES string of the molecule is CC(=O)CC/C=C1\C(=O)CCC12CCCCC2. The van der Waals surface area contributed by atoms with E-state index >= 15 is 0 Å². The Bertz CT molecular complexity index is 346. The Morgan fingerprint density at radius 3 is 2.59 bits per heavy atom. The van der Waals surface area contributed by atoms with Gasteiger partial charge in [-0.05, 0) is 43.6 Å². The van der Waals surface area contributed by atoms with Crippen LogP contribution in [0.4, 0.5) is 0 Å². The normalized spacial score (nSPS) is 25.7. The van der Waals surface area contributed by atoms with Crippen LogP contribution in [0.15, 0.2) is 11.6 Å². The van der Waals surface area contributed by atoms with Gasteiger partial charge in [-0.25, -0.2) is 0 Å². The molecule has 1 spiro atoms. The Hall–Kier alpha value is -0.920. The van der Waals surface area contributed by atoms with E-state index in [1.54, 1.807) is 6.92 Å². The monoisotopic (exact) mass is 234 g/mol. The number of rotatable bonds is 3. The predicted molar refractivity (Wildman–Crippen MR) is 67.8 cm³/mol. The summed E-state index contributed by atoms with van der Waals surface area (Å²) in [6.45, 7) is 1.62. The summed E-state index contributed by atoms with van der Waals surface area (Å²) in [6, 6.07) is 0. The van der Waals surface area contributed by atoms with Crippen molar-refractivity contribution < 1.29 is 9.59 Å². The van der Waals surface area contributed by atoms with Crippen LogP contribution in [0, 0.1) is 5.41 Å². The molecule has 0 aromatic carbocycles. The van der Waals surface area contributed by atoms with Crippen LogP contribution in [0.2, 0.25) is 0 Å². The van der Waals surface area contributed by atoms with E-state index < -0.39 is 0 Å². The summed E-state index contributed by atoms with van der Waals surface area (Å²) in [7, 11) is 0. The van der Waals surface area contributed by atoms with Crippen LogP contribution in [0.25, 0.3) is 0 Å². The largest absolute Gasteiger partial charge is 0.300 e. The van der Waals surface area contributed by atoms with Crippen molar-refractivity contribution in [2.45, 2.75) is 64.7 Å². The molecule has 2 aliphatic carbocycles. The molecule has 0 aromatic rings. The smallest absolute Gasteiger partial charge is 0.159 e. The third kappa shape index (κ3) is 2.67. The first kappa shape index (κ1) is 12.5. The second-order valence-electron chi connectivity index (χ2n) is 5.62. The fourth-order valence-electron chi connectivity index (χ4n) is 3.42. The molecular formula is C15H22O2. The molecule has 17 heavy (non-hydrogen) atoms. The summed E-state index contributed by atoms with van der Waals surface area (Å²) in [4.78, 5) is 22.9. The van der Waals surface area contributed by atoms with Gasteiger partial charge in [0.15, 0.2) is 5.78 Å². The van der Waals surface area contributed by atoms with E-state index in [-0.39, 0.29) is 11.2 Å². The van der Waals surface area contributed by atoms with Crippen molar-refractivity contribution in [2.75, 3.05) is 0 Å². The van der Waals surface area contributed by atoms with Gasteiger partial charge < -0.3 is 4.79 Å². The van der Waals surface area contributed by atoms with Crippen molar-refractivity contribution in [1.29, 1.82) is 0 Å². The number of allylic oxidation sites excluding steroid dienone is 2. The summed E-state index contributed by atoms with van der Waals surface area (Å²) in [5, 5.41) is 0. The van der Waals surface area contributed by atoms with Crippen LogP contribution >= 0.6 is 0 Å². The van der Waals surface area contributed by atoms with E-state index in [1.807, 2.05) is 0 Å². The quantitative estimate of drug-likeness (QED) is 0.699. The molecule has 2 aliphatic rings. The van der Waals surface area contributed by atoms with Crippen molar-refractivity contribution in [3.63, 3.8) is 0 Å². The van der Waals surface area contributed by atoms with E-state index in [0.29, 0.717) is 12.2 Å². The lowest BCUT2D eigenvalue weighted by Crippen LogP contribution is -2.23. The maximum Gasteiger partial charge on any atom is 0.159 e. The molecule has 94 valence electrons. The van der Waals surface area contributed by atoms with Gasteiger partial charge in [-0.15, -0.1) is 0 Å². The lowest BCUT2D eigenvalue weighted by Gasteiger charge is -2.34. The Balaban J connectivity index is 2.10. The molecule has 0 N–H and O–H groups in total. The van der Waals surface area contributed by atoms with Gasteiger partial charge in [0.2, 0.25) is 0 Å². The van der Waals surface area contributed by atoms with E-state index in [0.717, 1.165) is 24.8 Å². The van der Waals surface area contributed by atoms with Crippen molar-refractivity contribution in [2.24, 2.45) is 5.41 Å². The first-order valence-electron chi connectivity index (χ1n) is 6.87. The molecule has 0 unspecified atom stereocenters. The minimum absolute atomic E-state index is 0.201. The van der Waals surface area contributed by atoms with E-state index in [2.05, 4.69) is 6.08 Å². The molecule has 0 aromatic heterocycles. The Labute approximate surface area is 103 Å². The van der Waals surface area contributed by atoms with Crippen LogP contribution in [-0.2, 0) is 9.59 Å². The molecule has 0 aliphatic heterocycles. The molecule has 0 radical (unpaired) electrons. The van der Waals surface area contributed by atoms with Crippen molar-refractivity contribution in [1.82, 2.24) is 0 Å². The van der Waals surface area contributed by atoms with Crippen LogP contribution in [0.3, 0.4) is 0 Å². The van der Waals surface area contributed by atoms with Gasteiger partial charge in [0.05, 0.1) is 0 Å². The zero-order valence-corrected chi connectivity index (χ0v) is 10.8. The average Bonchev–Trinajstić information content (AvgIpc) is 2.59. The topological polar surface area (TPSA) is 34.1 Å². The predicted octanol–water partition coefficient (Wildman–Crippen LogP) is 3.60. The van der Waals surface area contributed by atoms with E-state index in [9.17, 15) is 9.59 Å². The molecule has 0 amide bonds. The molecule has 0 atom stereocenters. The summed E-state index contributed by atoms with van der Waals surface area (Å²) < 4.78 is 0. The first-order valence-corrected chi connectivity index (χ1v) is 6.87. The second kappa shape index (κ2) is 5.16. The van der Waals surface area contributed by atoms with E-state index in [4.69, 9.17) is 0 Å². The number of hydrogen-bond donors (Lipinski definition) is 0. The molecule has 0 heterocycles. The van der Waals surface area contributed by atoms with Gasteiger partial charge in [0, 0.05) is 12.8 Å². The molecule has 2 rings (SSSR count). The van der Waals surface area contributed by atoms with Crippen LogP contribution < -0.4 is 0 Å². The molecule has 2 heteroatoms. The highest BCUT2D eigenvalue weighted by atomic mass is 16.1. The number of ketones is 2. The second-order valence-corrected chi connectivity index (χ2v) is 5.62. The van der Waals surface area contributed by atoms with Gasteiger partial charge in [0.1, 0.15) is 5.78 Å². The zero-order chi connectivity index (χ0) is 12.3. The summed E-state index contributed by atoms with van der Waals surface area (Å²) in [6.07, 6.45) is 11.4.